The molecule has 102 valence electrons. The summed E-state index contributed by atoms with van der Waals surface area (Å²) >= 11 is 0. The van der Waals surface area contributed by atoms with Crippen molar-refractivity contribution in [3.63, 3.8) is 0 Å². The van der Waals surface area contributed by atoms with E-state index in [1.54, 1.807) is 6.20 Å². The number of primary amides is 1. The average molecular weight is 273 g/mol. The molecule has 0 bridgehead atoms. The second-order valence-electron chi connectivity index (χ2n) is 3.91. The zero-order valence-electron chi connectivity index (χ0n) is 9.81. The molecule has 2 N–H and O–H groups in total. The normalized spacial score (nSPS) is 13.5. The standard InChI is InChI=1S/C11H10F3N3O2/c1-6(11(12,13)14)19-8-4-9-16-2-3-17(9)5-7(8)10(15)18/h2-6H,1H3,(H2,15,18). The van der Waals surface area contributed by atoms with Crippen LogP contribution in [0.15, 0.2) is 24.7 Å². The van der Waals surface area contributed by atoms with Crippen molar-refractivity contribution in [1.82, 2.24) is 9.38 Å². The van der Waals surface area contributed by atoms with E-state index in [0.29, 0.717) is 5.65 Å². The summed E-state index contributed by atoms with van der Waals surface area (Å²) in [5.41, 5.74) is 5.34. The van der Waals surface area contributed by atoms with Crippen molar-refractivity contribution in [3.05, 3.63) is 30.2 Å². The summed E-state index contributed by atoms with van der Waals surface area (Å²) in [5.74, 6) is -1.11. The molecule has 2 heterocycles. The van der Waals surface area contributed by atoms with Crippen molar-refractivity contribution in [2.75, 3.05) is 0 Å². The summed E-state index contributed by atoms with van der Waals surface area (Å²) in [5, 5.41) is 0. The number of nitrogens with zero attached hydrogens (tertiary/aromatic N) is 2. The first-order valence-corrected chi connectivity index (χ1v) is 5.29. The van der Waals surface area contributed by atoms with Crippen molar-refractivity contribution in [3.8, 4) is 5.75 Å². The highest BCUT2D eigenvalue weighted by Gasteiger charge is 2.38. The first kappa shape index (κ1) is 13.2. The maximum Gasteiger partial charge on any atom is 0.425 e. The number of fused-ring (bicyclic) bond motifs is 1. The second-order valence-corrected chi connectivity index (χ2v) is 3.91. The van der Waals surface area contributed by atoms with E-state index in [0.717, 1.165) is 6.92 Å². The Labute approximate surface area is 105 Å². The van der Waals surface area contributed by atoms with Gasteiger partial charge in [0.2, 0.25) is 0 Å². The van der Waals surface area contributed by atoms with E-state index in [1.165, 1.54) is 22.9 Å². The van der Waals surface area contributed by atoms with Crippen LogP contribution in [-0.2, 0) is 0 Å². The van der Waals surface area contributed by atoms with E-state index in [1.807, 2.05) is 0 Å². The molecule has 19 heavy (non-hydrogen) atoms. The van der Waals surface area contributed by atoms with Gasteiger partial charge in [-0.2, -0.15) is 13.2 Å². The topological polar surface area (TPSA) is 69.6 Å². The monoisotopic (exact) mass is 273 g/mol. The van der Waals surface area contributed by atoms with E-state index in [9.17, 15) is 18.0 Å². The molecule has 0 aliphatic heterocycles. The van der Waals surface area contributed by atoms with Crippen molar-refractivity contribution >= 4 is 11.6 Å². The third kappa shape index (κ3) is 2.61. The largest absolute Gasteiger partial charge is 0.480 e. The summed E-state index contributed by atoms with van der Waals surface area (Å²) in [6.07, 6.45) is -2.32. The highest BCUT2D eigenvalue weighted by atomic mass is 19.4. The van der Waals surface area contributed by atoms with Crippen LogP contribution in [0.3, 0.4) is 0 Å². The van der Waals surface area contributed by atoms with Crippen LogP contribution in [-0.4, -0.2) is 27.6 Å². The fourth-order valence-corrected chi connectivity index (χ4v) is 1.48. The molecule has 0 saturated heterocycles. The lowest BCUT2D eigenvalue weighted by atomic mass is 10.2. The Kier molecular flexibility index (Phi) is 3.09. The van der Waals surface area contributed by atoms with Crippen molar-refractivity contribution in [2.24, 2.45) is 5.73 Å². The lowest BCUT2D eigenvalue weighted by Gasteiger charge is -2.19. The first-order valence-electron chi connectivity index (χ1n) is 5.29. The lowest BCUT2D eigenvalue weighted by molar-refractivity contribution is -0.189. The molecule has 0 spiro atoms. The Morgan fingerprint density at radius 2 is 2.21 bits per heavy atom. The van der Waals surface area contributed by atoms with Gasteiger partial charge in [0.1, 0.15) is 11.4 Å². The summed E-state index contributed by atoms with van der Waals surface area (Å²) in [4.78, 5) is 15.1. The molecule has 0 aromatic carbocycles. The zero-order valence-corrected chi connectivity index (χ0v) is 9.81. The predicted molar refractivity (Wildman–Crippen MR) is 59.9 cm³/mol. The Balaban J connectivity index is 2.45. The van der Waals surface area contributed by atoms with Gasteiger partial charge >= 0.3 is 6.18 Å². The van der Waals surface area contributed by atoms with Gasteiger partial charge in [0.05, 0.1) is 5.56 Å². The highest BCUT2D eigenvalue weighted by molar-refractivity contribution is 5.95. The van der Waals surface area contributed by atoms with Gasteiger partial charge in [-0.25, -0.2) is 4.98 Å². The van der Waals surface area contributed by atoms with Crippen molar-refractivity contribution in [1.29, 1.82) is 0 Å². The molecule has 0 aliphatic rings. The Bertz CT molecular complexity index is 621. The van der Waals surface area contributed by atoms with Gasteiger partial charge in [-0.3, -0.25) is 4.79 Å². The summed E-state index contributed by atoms with van der Waals surface area (Å²) in [6, 6.07) is 1.24. The van der Waals surface area contributed by atoms with Crippen molar-refractivity contribution < 1.29 is 22.7 Å². The number of imidazole rings is 1. The maximum absolute atomic E-state index is 12.5. The van der Waals surface area contributed by atoms with Crippen LogP contribution in [0.25, 0.3) is 5.65 Å². The van der Waals surface area contributed by atoms with E-state index in [-0.39, 0.29) is 11.3 Å². The minimum Gasteiger partial charge on any atom is -0.480 e. The third-order valence-electron chi connectivity index (χ3n) is 2.52. The van der Waals surface area contributed by atoms with Crippen LogP contribution in [0.2, 0.25) is 0 Å². The number of aromatic nitrogens is 2. The molecule has 2 rings (SSSR count). The number of halogens is 3. The van der Waals surface area contributed by atoms with Gasteiger partial charge in [0.25, 0.3) is 5.91 Å². The molecule has 0 saturated carbocycles. The predicted octanol–water partition coefficient (Wildman–Crippen LogP) is 1.76. The van der Waals surface area contributed by atoms with Crippen LogP contribution in [0.4, 0.5) is 13.2 Å². The molecule has 0 radical (unpaired) electrons. The van der Waals surface area contributed by atoms with E-state index in [4.69, 9.17) is 10.5 Å². The molecule has 1 amide bonds. The van der Waals surface area contributed by atoms with Gasteiger partial charge in [0, 0.05) is 24.7 Å². The van der Waals surface area contributed by atoms with Crippen LogP contribution in [0, 0.1) is 0 Å². The molecular weight excluding hydrogens is 263 g/mol. The number of hydrogen-bond donors (Lipinski definition) is 1. The van der Waals surface area contributed by atoms with E-state index < -0.39 is 18.2 Å². The van der Waals surface area contributed by atoms with Gasteiger partial charge in [0.15, 0.2) is 6.10 Å². The summed E-state index contributed by atoms with van der Waals surface area (Å²) in [6.45, 7) is 0.848. The molecule has 1 unspecified atom stereocenters. The molecule has 8 heteroatoms. The number of pyridine rings is 1. The number of alkyl halides is 3. The van der Waals surface area contributed by atoms with Gasteiger partial charge in [-0.05, 0) is 6.92 Å². The molecule has 0 aliphatic carbocycles. The highest BCUT2D eigenvalue weighted by Crippen LogP contribution is 2.27. The number of rotatable bonds is 3. The van der Waals surface area contributed by atoms with Crippen LogP contribution < -0.4 is 10.5 Å². The van der Waals surface area contributed by atoms with Crippen molar-refractivity contribution in [2.45, 2.75) is 19.2 Å². The first-order chi connectivity index (χ1) is 8.79. The van der Waals surface area contributed by atoms with E-state index in [2.05, 4.69) is 4.98 Å². The molecule has 1 atom stereocenters. The third-order valence-corrected chi connectivity index (χ3v) is 2.52. The number of hydrogen-bond acceptors (Lipinski definition) is 3. The average Bonchev–Trinajstić information content (AvgIpc) is 2.73. The molecular formula is C11H10F3N3O2. The quantitative estimate of drug-likeness (QED) is 0.926. The number of nitrogens with two attached hydrogens (primary N) is 1. The van der Waals surface area contributed by atoms with Crippen LogP contribution in [0.1, 0.15) is 17.3 Å². The molecule has 2 aromatic rings. The summed E-state index contributed by atoms with van der Waals surface area (Å²) in [7, 11) is 0. The molecule has 0 fully saturated rings. The fourth-order valence-electron chi connectivity index (χ4n) is 1.48. The SMILES string of the molecule is CC(Oc1cc2nccn2cc1C(N)=O)C(F)(F)F. The Morgan fingerprint density at radius 1 is 1.53 bits per heavy atom. The fraction of sp³-hybridized carbons (Fsp3) is 0.273. The number of carbonyl (C=O) groups is 1. The maximum atomic E-state index is 12.5. The van der Waals surface area contributed by atoms with E-state index >= 15 is 0 Å². The Morgan fingerprint density at radius 3 is 2.79 bits per heavy atom. The lowest BCUT2D eigenvalue weighted by Crippen LogP contribution is -2.32. The summed E-state index contributed by atoms with van der Waals surface area (Å²) < 4.78 is 43.6. The zero-order chi connectivity index (χ0) is 14.2. The Hall–Kier alpha value is -2.25. The number of ether oxygens (including phenoxy) is 1. The van der Waals surface area contributed by atoms with Crippen LogP contribution >= 0.6 is 0 Å². The van der Waals surface area contributed by atoms with Crippen LogP contribution in [0.5, 0.6) is 5.75 Å². The van der Waals surface area contributed by atoms with Gasteiger partial charge < -0.3 is 14.9 Å². The number of carbonyl (C=O) groups excluding carboxylic acids is 1. The smallest absolute Gasteiger partial charge is 0.425 e. The van der Waals surface area contributed by atoms with Gasteiger partial charge in [-0.15, -0.1) is 0 Å². The van der Waals surface area contributed by atoms with Gasteiger partial charge in [-0.1, -0.05) is 0 Å². The minimum atomic E-state index is -4.53. The molecule has 5 nitrogen and oxygen atoms in total. The minimum absolute atomic E-state index is 0.137. The second kappa shape index (κ2) is 4.45. The number of amides is 1. The molecule has 2 aromatic heterocycles.